The zero-order valence-electron chi connectivity index (χ0n) is 11.6. The number of nitrogens with one attached hydrogen (secondary N) is 2. The summed E-state index contributed by atoms with van der Waals surface area (Å²) in [5.41, 5.74) is 0.318. The number of hydrogen-bond donors (Lipinski definition) is 2. The molecule has 7 heteroatoms. The van der Waals surface area contributed by atoms with E-state index in [1.54, 1.807) is 18.2 Å². The number of para-hydroxylation sites is 1. The van der Waals surface area contributed by atoms with Gasteiger partial charge in [-0.1, -0.05) is 35.3 Å². The van der Waals surface area contributed by atoms with Crippen LogP contribution >= 0.6 is 23.2 Å². The van der Waals surface area contributed by atoms with Crippen LogP contribution in [0.2, 0.25) is 10.0 Å². The molecule has 0 atom stereocenters. The lowest BCUT2D eigenvalue weighted by atomic mass is 10.2. The SMILES string of the molecule is N#C/C(=C/Nc1ccccc1F)C(=O)Nc1ccc(Cl)c(Cl)c1. The molecule has 0 saturated heterocycles. The zero-order chi connectivity index (χ0) is 16.8. The van der Waals surface area contributed by atoms with E-state index in [0.717, 1.165) is 6.20 Å². The highest BCUT2D eigenvalue weighted by Crippen LogP contribution is 2.25. The van der Waals surface area contributed by atoms with Crippen LogP contribution in [-0.4, -0.2) is 5.91 Å². The minimum atomic E-state index is -0.658. The lowest BCUT2D eigenvalue weighted by Gasteiger charge is -2.06. The van der Waals surface area contributed by atoms with Crippen LogP contribution in [0, 0.1) is 17.1 Å². The molecule has 0 fully saturated rings. The number of carbonyl (C=O) groups is 1. The average molecular weight is 350 g/mol. The van der Waals surface area contributed by atoms with Gasteiger partial charge < -0.3 is 10.6 Å². The van der Waals surface area contributed by atoms with Crippen molar-refractivity contribution in [3.8, 4) is 6.07 Å². The number of nitrogens with zero attached hydrogens (tertiary/aromatic N) is 1. The molecule has 2 aromatic rings. The summed E-state index contributed by atoms with van der Waals surface area (Å²) in [6.07, 6.45) is 1.13. The summed E-state index contributed by atoms with van der Waals surface area (Å²) in [7, 11) is 0. The molecular formula is C16H10Cl2FN3O. The number of halogens is 3. The van der Waals surface area contributed by atoms with Gasteiger partial charge in [0.25, 0.3) is 5.91 Å². The van der Waals surface area contributed by atoms with E-state index in [4.69, 9.17) is 28.5 Å². The molecule has 1 amide bonds. The van der Waals surface area contributed by atoms with Crippen molar-refractivity contribution in [3.05, 3.63) is 70.1 Å². The Balaban J connectivity index is 2.12. The molecule has 0 heterocycles. The summed E-state index contributed by atoms with van der Waals surface area (Å²) in [5.74, 6) is -1.15. The molecule has 0 spiro atoms. The molecule has 2 N–H and O–H groups in total. The molecular weight excluding hydrogens is 340 g/mol. The molecule has 0 unspecified atom stereocenters. The van der Waals surface area contributed by atoms with Gasteiger partial charge in [0.2, 0.25) is 0 Å². The predicted octanol–water partition coefficient (Wildman–Crippen LogP) is 4.59. The van der Waals surface area contributed by atoms with Gasteiger partial charge in [-0.3, -0.25) is 4.79 Å². The fourth-order valence-corrected chi connectivity index (χ4v) is 1.95. The number of hydrogen-bond acceptors (Lipinski definition) is 3. The third-order valence-electron chi connectivity index (χ3n) is 2.79. The van der Waals surface area contributed by atoms with Crippen molar-refractivity contribution >= 4 is 40.5 Å². The van der Waals surface area contributed by atoms with E-state index in [-0.39, 0.29) is 16.3 Å². The topological polar surface area (TPSA) is 64.9 Å². The summed E-state index contributed by atoms with van der Waals surface area (Å²) in [5, 5.41) is 14.8. The first kappa shape index (κ1) is 16.8. The molecule has 0 bridgehead atoms. The number of anilines is 2. The van der Waals surface area contributed by atoms with Crippen molar-refractivity contribution < 1.29 is 9.18 Å². The Morgan fingerprint density at radius 3 is 2.57 bits per heavy atom. The van der Waals surface area contributed by atoms with Crippen molar-refractivity contribution in [2.45, 2.75) is 0 Å². The molecule has 2 aromatic carbocycles. The van der Waals surface area contributed by atoms with E-state index < -0.39 is 11.7 Å². The predicted molar refractivity (Wildman–Crippen MR) is 88.8 cm³/mol. The molecule has 0 radical (unpaired) electrons. The van der Waals surface area contributed by atoms with Crippen LogP contribution in [0.1, 0.15) is 0 Å². The minimum Gasteiger partial charge on any atom is -0.358 e. The van der Waals surface area contributed by atoms with Crippen molar-refractivity contribution in [2.75, 3.05) is 10.6 Å². The third-order valence-corrected chi connectivity index (χ3v) is 3.53. The second-order valence-electron chi connectivity index (χ2n) is 4.38. The Hall–Kier alpha value is -2.55. The average Bonchev–Trinajstić information content (AvgIpc) is 2.53. The van der Waals surface area contributed by atoms with Gasteiger partial charge in [0.15, 0.2) is 0 Å². The number of nitriles is 1. The number of amides is 1. The van der Waals surface area contributed by atoms with Crippen LogP contribution < -0.4 is 10.6 Å². The Labute approximate surface area is 142 Å². The van der Waals surface area contributed by atoms with Gasteiger partial charge in [0.1, 0.15) is 17.5 Å². The number of rotatable bonds is 4. The van der Waals surface area contributed by atoms with Crippen molar-refractivity contribution in [1.82, 2.24) is 0 Å². The highest BCUT2D eigenvalue weighted by Gasteiger charge is 2.10. The second kappa shape index (κ2) is 7.63. The van der Waals surface area contributed by atoms with Crippen molar-refractivity contribution in [2.24, 2.45) is 0 Å². The Bertz CT molecular complexity index is 815. The van der Waals surface area contributed by atoms with Crippen LogP contribution in [0.4, 0.5) is 15.8 Å². The van der Waals surface area contributed by atoms with Crippen LogP contribution in [0.5, 0.6) is 0 Å². The Kier molecular flexibility index (Phi) is 5.58. The molecule has 0 aliphatic carbocycles. The molecule has 23 heavy (non-hydrogen) atoms. The molecule has 0 aliphatic rings. The number of benzene rings is 2. The Morgan fingerprint density at radius 2 is 1.91 bits per heavy atom. The maximum absolute atomic E-state index is 13.5. The smallest absolute Gasteiger partial charge is 0.267 e. The van der Waals surface area contributed by atoms with Crippen molar-refractivity contribution in [3.63, 3.8) is 0 Å². The van der Waals surface area contributed by atoms with Crippen molar-refractivity contribution in [1.29, 1.82) is 5.26 Å². The summed E-state index contributed by atoms with van der Waals surface area (Å²) < 4.78 is 13.5. The summed E-state index contributed by atoms with van der Waals surface area (Å²) in [4.78, 5) is 12.0. The minimum absolute atomic E-state index is 0.155. The summed E-state index contributed by atoms with van der Waals surface area (Å²) in [6, 6.07) is 12.2. The van der Waals surface area contributed by atoms with Gasteiger partial charge in [-0.25, -0.2) is 4.39 Å². The highest BCUT2D eigenvalue weighted by atomic mass is 35.5. The lowest BCUT2D eigenvalue weighted by Crippen LogP contribution is -2.14. The van der Waals surface area contributed by atoms with E-state index in [1.165, 1.54) is 30.3 Å². The van der Waals surface area contributed by atoms with E-state index in [2.05, 4.69) is 10.6 Å². The van der Waals surface area contributed by atoms with E-state index >= 15 is 0 Å². The second-order valence-corrected chi connectivity index (χ2v) is 5.19. The molecule has 0 saturated carbocycles. The fourth-order valence-electron chi connectivity index (χ4n) is 1.65. The molecule has 0 aliphatic heterocycles. The highest BCUT2D eigenvalue weighted by molar-refractivity contribution is 6.42. The zero-order valence-corrected chi connectivity index (χ0v) is 13.1. The van der Waals surface area contributed by atoms with E-state index in [1.807, 2.05) is 0 Å². The van der Waals surface area contributed by atoms with Crippen LogP contribution in [0.15, 0.2) is 54.2 Å². The van der Waals surface area contributed by atoms with Gasteiger partial charge >= 0.3 is 0 Å². The lowest BCUT2D eigenvalue weighted by molar-refractivity contribution is -0.112. The molecule has 4 nitrogen and oxygen atoms in total. The van der Waals surface area contributed by atoms with Crippen LogP contribution in [0.3, 0.4) is 0 Å². The molecule has 0 aromatic heterocycles. The standard InChI is InChI=1S/C16H10Cl2FN3O/c17-12-6-5-11(7-13(12)18)22-16(23)10(8-20)9-21-15-4-2-1-3-14(15)19/h1-7,9,21H,(H,22,23)/b10-9-. The summed E-state index contributed by atoms with van der Waals surface area (Å²) in [6.45, 7) is 0. The first-order valence-corrected chi connectivity index (χ1v) is 7.14. The maximum Gasteiger partial charge on any atom is 0.267 e. The van der Waals surface area contributed by atoms with Gasteiger partial charge in [0.05, 0.1) is 15.7 Å². The Morgan fingerprint density at radius 1 is 1.17 bits per heavy atom. The first-order chi connectivity index (χ1) is 11.0. The van der Waals surface area contributed by atoms with Crippen LogP contribution in [-0.2, 0) is 4.79 Å². The van der Waals surface area contributed by atoms with Gasteiger partial charge in [-0.15, -0.1) is 0 Å². The number of carbonyl (C=O) groups excluding carboxylic acids is 1. The first-order valence-electron chi connectivity index (χ1n) is 6.39. The third kappa shape index (κ3) is 4.46. The van der Waals surface area contributed by atoms with E-state index in [0.29, 0.717) is 10.7 Å². The maximum atomic E-state index is 13.5. The quantitative estimate of drug-likeness (QED) is 0.626. The molecule has 116 valence electrons. The normalized spacial score (nSPS) is 10.8. The van der Waals surface area contributed by atoms with Crippen LogP contribution in [0.25, 0.3) is 0 Å². The van der Waals surface area contributed by atoms with Gasteiger partial charge in [-0.2, -0.15) is 5.26 Å². The monoisotopic (exact) mass is 349 g/mol. The fraction of sp³-hybridized carbons (Fsp3) is 0. The summed E-state index contributed by atoms with van der Waals surface area (Å²) >= 11 is 11.6. The van der Waals surface area contributed by atoms with E-state index in [9.17, 15) is 9.18 Å². The molecule has 2 rings (SSSR count). The largest absolute Gasteiger partial charge is 0.358 e. The van der Waals surface area contributed by atoms with Gasteiger partial charge in [0, 0.05) is 11.9 Å². The van der Waals surface area contributed by atoms with Gasteiger partial charge in [-0.05, 0) is 30.3 Å².